The standard InChI is InChI=1S/C26H33Cl2F2N3O3/c1-25(2,3)12-21-26(31,17-10-20(30)18(28)11-19(17)29)22(14-5-4-6-15(27)9-14)23(33-21)24(36)32-8-7-16(35)13-34/h4-6,9-11,16,21-23,33-35H,7-8,12-13,31H2,1-3H3,(H,32,36). The molecular weight excluding hydrogens is 511 g/mol. The summed E-state index contributed by atoms with van der Waals surface area (Å²) in [7, 11) is 0. The first-order valence-corrected chi connectivity index (χ1v) is 12.6. The summed E-state index contributed by atoms with van der Waals surface area (Å²) >= 11 is 12.1. The van der Waals surface area contributed by atoms with E-state index >= 15 is 4.39 Å². The van der Waals surface area contributed by atoms with Crippen molar-refractivity contribution >= 4 is 29.1 Å². The summed E-state index contributed by atoms with van der Waals surface area (Å²) in [5, 5.41) is 24.8. The molecule has 1 heterocycles. The molecular formula is C26H33Cl2F2N3O3. The molecule has 10 heteroatoms. The molecule has 36 heavy (non-hydrogen) atoms. The predicted molar refractivity (Wildman–Crippen MR) is 137 cm³/mol. The number of nitrogens with two attached hydrogens (primary N) is 1. The Labute approximate surface area is 220 Å². The number of hydrogen-bond donors (Lipinski definition) is 5. The second-order valence-electron chi connectivity index (χ2n) is 10.6. The van der Waals surface area contributed by atoms with Crippen LogP contribution in [0.1, 0.15) is 50.7 Å². The summed E-state index contributed by atoms with van der Waals surface area (Å²) in [6.45, 7) is 5.65. The molecule has 3 rings (SSSR count). The molecule has 0 aromatic heterocycles. The van der Waals surface area contributed by atoms with Gasteiger partial charge in [-0.25, -0.2) is 8.78 Å². The quantitative estimate of drug-likeness (QED) is 0.325. The van der Waals surface area contributed by atoms with Crippen LogP contribution >= 0.6 is 23.2 Å². The zero-order chi connectivity index (χ0) is 26.8. The Morgan fingerprint density at radius 3 is 2.53 bits per heavy atom. The van der Waals surface area contributed by atoms with Crippen molar-refractivity contribution in [2.75, 3.05) is 13.2 Å². The van der Waals surface area contributed by atoms with Gasteiger partial charge in [-0.15, -0.1) is 0 Å². The maximum Gasteiger partial charge on any atom is 0.237 e. The highest BCUT2D eigenvalue weighted by molar-refractivity contribution is 6.31. The molecule has 2 aromatic rings. The van der Waals surface area contributed by atoms with Gasteiger partial charge in [0.1, 0.15) is 11.6 Å². The number of aliphatic hydroxyl groups is 2. The number of rotatable bonds is 8. The van der Waals surface area contributed by atoms with E-state index in [0.717, 1.165) is 12.1 Å². The van der Waals surface area contributed by atoms with E-state index in [1.165, 1.54) is 0 Å². The lowest BCUT2D eigenvalue weighted by molar-refractivity contribution is -0.123. The molecule has 0 saturated carbocycles. The van der Waals surface area contributed by atoms with E-state index in [1.807, 2.05) is 20.8 Å². The lowest BCUT2D eigenvalue weighted by Gasteiger charge is -2.40. The van der Waals surface area contributed by atoms with Gasteiger partial charge in [-0.3, -0.25) is 4.79 Å². The van der Waals surface area contributed by atoms with E-state index in [9.17, 15) is 14.3 Å². The number of halogens is 4. The van der Waals surface area contributed by atoms with E-state index in [1.54, 1.807) is 24.3 Å². The zero-order valence-electron chi connectivity index (χ0n) is 20.5. The highest BCUT2D eigenvalue weighted by atomic mass is 35.5. The molecule has 0 bridgehead atoms. The van der Waals surface area contributed by atoms with Crippen molar-refractivity contribution in [3.63, 3.8) is 0 Å². The second-order valence-corrected chi connectivity index (χ2v) is 11.4. The van der Waals surface area contributed by atoms with Crippen LogP contribution in [0.4, 0.5) is 8.78 Å². The number of hydrogen-bond acceptors (Lipinski definition) is 5. The normalized spacial score (nSPS) is 25.1. The fourth-order valence-electron chi connectivity index (χ4n) is 4.95. The number of benzene rings is 2. The van der Waals surface area contributed by atoms with E-state index in [2.05, 4.69) is 10.6 Å². The van der Waals surface area contributed by atoms with Crippen molar-refractivity contribution in [2.24, 2.45) is 11.1 Å². The molecule has 2 aromatic carbocycles. The van der Waals surface area contributed by atoms with E-state index in [0.29, 0.717) is 17.0 Å². The summed E-state index contributed by atoms with van der Waals surface area (Å²) in [5.41, 5.74) is 5.75. The highest BCUT2D eigenvalue weighted by Gasteiger charge is 2.57. The lowest BCUT2D eigenvalue weighted by atomic mass is 9.68. The molecule has 0 radical (unpaired) electrons. The number of amides is 1. The molecule has 1 fully saturated rings. The first-order chi connectivity index (χ1) is 16.8. The van der Waals surface area contributed by atoms with Crippen LogP contribution in [0.2, 0.25) is 10.0 Å². The van der Waals surface area contributed by atoms with Crippen molar-refractivity contribution < 1.29 is 23.8 Å². The van der Waals surface area contributed by atoms with E-state index in [-0.39, 0.29) is 29.0 Å². The summed E-state index contributed by atoms with van der Waals surface area (Å²) in [4.78, 5) is 13.4. The summed E-state index contributed by atoms with van der Waals surface area (Å²) < 4.78 is 30.1. The third-order valence-corrected chi connectivity index (χ3v) is 7.10. The number of carbonyl (C=O) groups is 1. The molecule has 1 saturated heterocycles. The third kappa shape index (κ3) is 6.18. The Morgan fingerprint density at radius 1 is 1.22 bits per heavy atom. The third-order valence-electron chi connectivity index (χ3n) is 6.58. The molecule has 1 aliphatic heterocycles. The van der Waals surface area contributed by atoms with Crippen LogP contribution in [-0.4, -0.2) is 47.5 Å². The largest absolute Gasteiger partial charge is 0.394 e. The smallest absolute Gasteiger partial charge is 0.237 e. The van der Waals surface area contributed by atoms with Crippen LogP contribution in [-0.2, 0) is 10.3 Å². The molecule has 0 aliphatic carbocycles. The van der Waals surface area contributed by atoms with Crippen LogP contribution in [0, 0.1) is 17.0 Å². The van der Waals surface area contributed by atoms with Crippen LogP contribution in [0.15, 0.2) is 36.4 Å². The molecule has 5 atom stereocenters. The average Bonchev–Trinajstić information content (AvgIpc) is 3.07. The van der Waals surface area contributed by atoms with Gasteiger partial charge in [-0.2, -0.15) is 0 Å². The Morgan fingerprint density at radius 2 is 1.92 bits per heavy atom. The van der Waals surface area contributed by atoms with Gasteiger partial charge >= 0.3 is 0 Å². The van der Waals surface area contributed by atoms with Gasteiger partial charge in [0.15, 0.2) is 0 Å². The van der Waals surface area contributed by atoms with Crippen LogP contribution in [0.5, 0.6) is 0 Å². The SMILES string of the molecule is CC(C)(C)CC1NC(C(=O)NCCC(O)CO)C(c2cccc(Cl)c2)C1(N)c1cc(F)c(Cl)cc1F. The Hall–Kier alpha value is -1.81. The van der Waals surface area contributed by atoms with Crippen LogP contribution in [0.25, 0.3) is 0 Å². The van der Waals surface area contributed by atoms with E-state index < -0.39 is 53.8 Å². The first kappa shape index (κ1) is 28.8. The van der Waals surface area contributed by atoms with Crippen molar-refractivity contribution in [1.82, 2.24) is 10.6 Å². The minimum absolute atomic E-state index is 0.0953. The zero-order valence-corrected chi connectivity index (χ0v) is 22.0. The van der Waals surface area contributed by atoms with Crippen molar-refractivity contribution in [3.8, 4) is 0 Å². The molecule has 1 aliphatic rings. The predicted octanol–water partition coefficient (Wildman–Crippen LogP) is 3.85. The van der Waals surface area contributed by atoms with E-state index in [4.69, 9.17) is 34.0 Å². The fourth-order valence-corrected chi connectivity index (χ4v) is 5.30. The fraction of sp³-hybridized carbons (Fsp3) is 0.500. The summed E-state index contributed by atoms with van der Waals surface area (Å²) in [5.74, 6) is -2.85. The van der Waals surface area contributed by atoms with Crippen LogP contribution < -0.4 is 16.4 Å². The first-order valence-electron chi connectivity index (χ1n) is 11.8. The van der Waals surface area contributed by atoms with Gasteiger partial charge < -0.3 is 26.6 Å². The molecule has 198 valence electrons. The molecule has 6 nitrogen and oxygen atoms in total. The molecule has 6 N–H and O–H groups in total. The molecule has 5 unspecified atom stereocenters. The topological polar surface area (TPSA) is 108 Å². The monoisotopic (exact) mass is 543 g/mol. The lowest BCUT2D eigenvalue weighted by Crippen LogP contribution is -2.52. The van der Waals surface area contributed by atoms with Gasteiger partial charge in [0.05, 0.1) is 29.3 Å². The van der Waals surface area contributed by atoms with Crippen molar-refractivity contribution in [1.29, 1.82) is 0 Å². The van der Waals surface area contributed by atoms with Gasteiger partial charge in [-0.05, 0) is 48.1 Å². The van der Waals surface area contributed by atoms with Gasteiger partial charge in [0, 0.05) is 29.1 Å². The van der Waals surface area contributed by atoms with Gasteiger partial charge in [0.2, 0.25) is 5.91 Å². The number of nitrogens with one attached hydrogen (secondary N) is 2. The van der Waals surface area contributed by atoms with Crippen molar-refractivity contribution in [3.05, 3.63) is 69.2 Å². The number of carbonyl (C=O) groups excluding carboxylic acids is 1. The minimum Gasteiger partial charge on any atom is -0.394 e. The second kappa shape index (κ2) is 11.3. The average molecular weight is 544 g/mol. The molecule has 1 amide bonds. The van der Waals surface area contributed by atoms with Crippen LogP contribution in [0.3, 0.4) is 0 Å². The van der Waals surface area contributed by atoms with Crippen molar-refractivity contribution in [2.45, 2.75) is 63.3 Å². The Kier molecular flexibility index (Phi) is 9.02. The van der Waals surface area contributed by atoms with Gasteiger partial charge in [-0.1, -0.05) is 56.1 Å². The Bertz CT molecular complexity index is 1100. The summed E-state index contributed by atoms with van der Waals surface area (Å²) in [6.07, 6.45) is -0.386. The highest BCUT2D eigenvalue weighted by Crippen LogP contribution is 2.49. The minimum atomic E-state index is -1.56. The number of aliphatic hydroxyl groups excluding tert-OH is 2. The van der Waals surface area contributed by atoms with Gasteiger partial charge in [0.25, 0.3) is 0 Å². The summed E-state index contributed by atoms with van der Waals surface area (Å²) in [6, 6.07) is 7.14. The molecule has 0 spiro atoms. The maximum absolute atomic E-state index is 15.4. The maximum atomic E-state index is 15.4. The Balaban J connectivity index is 2.16.